The highest BCUT2D eigenvalue weighted by atomic mass is 32.1. The molecule has 1 aliphatic heterocycles. The van der Waals surface area contributed by atoms with Crippen molar-refractivity contribution in [2.24, 2.45) is 0 Å². The van der Waals surface area contributed by atoms with Gasteiger partial charge in [0.05, 0.1) is 17.8 Å². The first-order chi connectivity index (χ1) is 17.9. The van der Waals surface area contributed by atoms with Crippen LogP contribution in [0.15, 0.2) is 54.7 Å². The molecule has 5 rings (SSSR count). The number of rotatable bonds is 7. The predicted octanol–water partition coefficient (Wildman–Crippen LogP) is 6.31. The number of thiocarbonyl (C=S) groups is 1. The summed E-state index contributed by atoms with van der Waals surface area (Å²) in [5.41, 5.74) is 6.82. The lowest BCUT2D eigenvalue weighted by atomic mass is 9.94. The minimum Gasteiger partial charge on any atom is -0.352 e. The lowest BCUT2D eigenvalue weighted by molar-refractivity contribution is -0.116. The molecule has 1 aromatic carbocycles. The van der Waals surface area contributed by atoms with E-state index in [1.54, 1.807) is 0 Å². The number of hydrogen-bond acceptors (Lipinski definition) is 3. The van der Waals surface area contributed by atoms with E-state index >= 15 is 0 Å². The monoisotopic (exact) mass is 515 g/mol. The van der Waals surface area contributed by atoms with Crippen LogP contribution in [0.3, 0.4) is 0 Å². The maximum Gasteiger partial charge on any atom is 0.226 e. The molecule has 37 heavy (non-hydrogen) atoms. The number of hydrogen-bond donors (Lipinski definition) is 2. The molecule has 3 heterocycles. The molecule has 2 aliphatic rings. The molecule has 2 atom stereocenters. The van der Waals surface area contributed by atoms with Crippen LogP contribution in [0, 0.1) is 20.8 Å². The van der Waals surface area contributed by atoms with Gasteiger partial charge in [-0.3, -0.25) is 9.78 Å². The van der Waals surface area contributed by atoms with Gasteiger partial charge in [-0.15, -0.1) is 0 Å². The van der Waals surface area contributed by atoms with Gasteiger partial charge in [-0.1, -0.05) is 43.0 Å². The van der Waals surface area contributed by atoms with E-state index in [2.05, 4.69) is 51.1 Å². The third-order valence-electron chi connectivity index (χ3n) is 7.89. The highest BCUT2D eigenvalue weighted by Crippen LogP contribution is 2.42. The van der Waals surface area contributed by atoms with E-state index in [1.165, 1.54) is 54.6 Å². The van der Waals surface area contributed by atoms with Crippen LogP contribution in [-0.4, -0.2) is 32.0 Å². The second-order valence-electron chi connectivity index (χ2n) is 10.5. The molecule has 194 valence electrons. The number of amides is 1. The first-order valence-corrected chi connectivity index (χ1v) is 13.9. The van der Waals surface area contributed by atoms with Gasteiger partial charge in [0, 0.05) is 42.3 Å². The van der Waals surface area contributed by atoms with Crippen LogP contribution in [0.5, 0.6) is 0 Å². The lowest BCUT2D eigenvalue weighted by Crippen LogP contribution is -2.33. The maximum atomic E-state index is 12.9. The molecule has 2 unspecified atom stereocenters. The molecular formula is C30H37N5OS. The summed E-state index contributed by atoms with van der Waals surface area (Å²) >= 11 is 5.85. The first-order valence-electron chi connectivity index (χ1n) is 13.5. The van der Waals surface area contributed by atoms with Crippen LogP contribution >= 0.6 is 12.2 Å². The average Bonchev–Trinajstić information content (AvgIpc) is 3.39. The Balaban J connectivity index is 1.42. The van der Waals surface area contributed by atoms with Crippen molar-refractivity contribution in [1.82, 2.24) is 19.8 Å². The van der Waals surface area contributed by atoms with Gasteiger partial charge in [-0.2, -0.15) is 0 Å². The quantitative estimate of drug-likeness (QED) is 0.361. The topological polar surface area (TPSA) is 62.2 Å². The molecule has 2 fully saturated rings. The Morgan fingerprint density at radius 1 is 1.08 bits per heavy atom. The van der Waals surface area contributed by atoms with Gasteiger partial charge < -0.3 is 20.1 Å². The summed E-state index contributed by atoms with van der Waals surface area (Å²) in [4.78, 5) is 19.7. The van der Waals surface area contributed by atoms with Crippen molar-refractivity contribution in [3.8, 4) is 0 Å². The molecule has 0 radical (unpaired) electrons. The number of carbonyl (C=O) groups excluding carboxylic acids is 1. The van der Waals surface area contributed by atoms with Crippen molar-refractivity contribution in [2.75, 3.05) is 11.9 Å². The highest BCUT2D eigenvalue weighted by Gasteiger charge is 2.41. The van der Waals surface area contributed by atoms with Gasteiger partial charge in [-0.25, -0.2) is 0 Å². The zero-order valence-electron chi connectivity index (χ0n) is 22.0. The highest BCUT2D eigenvalue weighted by molar-refractivity contribution is 7.80. The molecule has 1 aliphatic carbocycles. The summed E-state index contributed by atoms with van der Waals surface area (Å²) < 4.78 is 2.55. The fourth-order valence-electron chi connectivity index (χ4n) is 6.07. The summed E-state index contributed by atoms with van der Waals surface area (Å²) in [5.74, 6) is -0.0145. The largest absolute Gasteiger partial charge is 0.352 e. The second kappa shape index (κ2) is 11.1. The van der Waals surface area contributed by atoms with E-state index in [0.29, 0.717) is 24.1 Å². The molecule has 0 spiro atoms. The smallest absolute Gasteiger partial charge is 0.226 e. The van der Waals surface area contributed by atoms with E-state index < -0.39 is 0 Å². The zero-order chi connectivity index (χ0) is 25.9. The van der Waals surface area contributed by atoms with E-state index in [9.17, 15) is 4.79 Å². The van der Waals surface area contributed by atoms with Crippen molar-refractivity contribution >= 4 is 28.9 Å². The van der Waals surface area contributed by atoms with Crippen LogP contribution in [0.4, 0.5) is 5.69 Å². The molecule has 1 amide bonds. The van der Waals surface area contributed by atoms with Crippen LogP contribution < -0.4 is 10.6 Å². The van der Waals surface area contributed by atoms with Gasteiger partial charge in [0.25, 0.3) is 0 Å². The van der Waals surface area contributed by atoms with Crippen LogP contribution in [-0.2, 0) is 4.79 Å². The molecular weight excluding hydrogens is 478 g/mol. The fraction of sp³-hybridized carbons (Fsp3) is 0.433. The molecule has 7 heteroatoms. The Labute approximate surface area is 225 Å². The number of pyridine rings is 1. The van der Waals surface area contributed by atoms with Crippen LogP contribution in [0.1, 0.15) is 84.9 Å². The first kappa shape index (κ1) is 25.5. The Kier molecular flexibility index (Phi) is 7.60. The number of nitrogens with zero attached hydrogens (tertiary/aromatic N) is 3. The van der Waals surface area contributed by atoms with Crippen molar-refractivity contribution < 1.29 is 4.79 Å². The summed E-state index contributed by atoms with van der Waals surface area (Å²) in [6.45, 7) is 7.04. The van der Waals surface area contributed by atoms with E-state index in [1.807, 2.05) is 49.5 Å². The number of anilines is 1. The summed E-state index contributed by atoms with van der Waals surface area (Å²) in [5, 5.41) is 7.24. The summed E-state index contributed by atoms with van der Waals surface area (Å²) in [6.07, 6.45) is 8.59. The standard InChI is InChI=1S/C30H37N5OS/c1-20-12-14-23(15-13-20)32-27(36)16-18-34-29(28(33-30(34)37)26-11-7-8-17-31-26)25-19-21(2)35(22(25)3)24-9-5-4-6-10-24/h7-8,11-15,17,19,24,28-29H,4-6,9-10,16,18H2,1-3H3,(H,32,36)(H,33,37). The zero-order valence-corrected chi connectivity index (χ0v) is 22.9. The fourth-order valence-corrected chi connectivity index (χ4v) is 6.40. The minimum absolute atomic E-state index is 0.0145. The maximum absolute atomic E-state index is 12.9. The van der Waals surface area contributed by atoms with Crippen molar-refractivity contribution in [2.45, 2.75) is 77.4 Å². The van der Waals surface area contributed by atoms with Gasteiger partial charge >= 0.3 is 0 Å². The van der Waals surface area contributed by atoms with E-state index in [4.69, 9.17) is 12.2 Å². The van der Waals surface area contributed by atoms with E-state index in [-0.39, 0.29) is 18.0 Å². The molecule has 3 aromatic rings. The second-order valence-corrected chi connectivity index (χ2v) is 10.9. The molecule has 6 nitrogen and oxygen atoms in total. The number of aromatic nitrogens is 2. The Bertz CT molecular complexity index is 1250. The number of nitrogens with one attached hydrogen (secondary N) is 2. The number of carbonyl (C=O) groups is 1. The van der Waals surface area contributed by atoms with E-state index in [0.717, 1.165) is 11.4 Å². The van der Waals surface area contributed by atoms with Gasteiger partial charge in [0.2, 0.25) is 5.91 Å². The number of aryl methyl sites for hydroxylation is 2. The lowest BCUT2D eigenvalue weighted by Gasteiger charge is -2.29. The Morgan fingerprint density at radius 3 is 2.54 bits per heavy atom. The molecule has 1 saturated carbocycles. The molecule has 2 aromatic heterocycles. The Hall–Kier alpha value is -3.19. The normalized spacial score (nSPS) is 20.2. The molecule has 1 saturated heterocycles. The Morgan fingerprint density at radius 2 is 1.84 bits per heavy atom. The van der Waals surface area contributed by atoms with Crippen LogP contribution in [0.25, 0.3) is 0 Å². The van der Waals surface area contributed by atoms with Crippen molar-refractivity contribution in [3.63, 3.8) is 0 Å². The van der Waals surface area contributed by atoms with Crippen molar-refractivity contribution in [3.05, 3.63) is 82.9 Å². The van der Waals surface area contributed by atoms with Gasteiger partial charge in [0.1, 0.15) is 0 Å². The third kappa shape index (κ3) is 5.42. The average molecular weight is 516 g/mol. The third-order valence-corrected chi connectivity index (χ3v) is 8.25. The summed E-state index contributed by atoms with van der Waals surface area (Å²) in [6, 6.07) is 16.7. The molecule has 2 N–H and O–H groups in total. The van der Waals surface area contributed by atoms with Crippen molar-refractivity contribution in [1.29, 1.82) is 0 Å². The predicted molar refractivity (Wildman–Crippen MR) is 153 cm³/mol. The summed E-state index contributed by atoms with van der Waals surface area (Å²) in [7, 11) is 0. The van der Waals surface area contributed by atoms with Gasteiger partial charge in [-0.05, 0) is 81.7 Å². The SMILES string of the molecule is Cc1ccc(NC(=O)CCN2C(=S)NC(c3ccccn3)C2c2cc(C)n(C3CCCCC3)c2C)cc1. The molecule has 0 bridgehead atoms. The van der Waals surface area contributed by atoms with Gasteiger partial charge in [0.15, 0.2) is 5.11 Å². The minimum atomic E-state index is -0.0748. The van der Waals surface area contributed by atoms with Crippen LogP contribution in [0.2, 0.25) is 0 Å². The number of benzene rings is 1.